The van der Waals surface area contributed by atoms with Gasteiger partial charge in [-0.05, 0) is 38.6 Å². The number of carboxylic acids is 1. The Balaban J connectivity index is 2.02. The molecule has 14 heavy (non-hydrogen) atoms. The zero-order valence-electron chi connectivity index (χ0n) is 8.39. The fourth-order valence-electron chi connectivity index (χ4n) is 2.91. The van der Waals surface area contributed by atoms with Gasteiger partial charge in [-0.1, -0.05) is 0 Å². The quantitative estimate of drug-likeness (QED) is 0.671. The van der Waals surface area contributed by atoms with E-state index in [4.69, 9.17) is 5.11 Å². The van der Waals surface area contributed by atoms with Crippen LogP contribution in [0.1, 0.15) is 25.7 Å². The first kappa shape index (κ1) is 9.93. The van der Waals surface area contributed by atoms with E-state index in [1.54, 1.807) is 0 Å². The molecule has 0 aromatic rings. The van der Waals surface area contributed by atoms with Crippen molar-refractivity contribution in [1.82, 2.24) is 4.90 Å². The number of aliphatic carboxylic acids is 1. The first-order valence-electron chi connectivity index (χ1n) is 5.22. The van der Waals surface area contributed by atoms with Crippen molar-refractivity contribution in [3.05, 3.63) is 0 Å². The third kappa shape index (κ3) is 1.53. The average Bonchev–Trinajstić information content (AvgIpc) is 2.42. The lowest BCUT2D eigenvalue weighted by molar-refractivity contribution is -0.151. The Morgan fingerprint density at radius 2 is 1.86 bits per heavy atom. The summed E-state index contributed by atoms with van der Waals surface area (Å²) in [6.45, 7) is 0. The van der Waals surface area contributed by atoms with E-state index in [1.165, 1.54) is 0 Å². The molecular formula is C10H17NO3. The number of rotatable bonds is 2. The van der Waals surface area contributed by atoms with E-state index in [9.17, 15) is 9.90 Å². The number of carboxylic acid groups (broad SMARTS) is 1. The lowest BCUT2D eigenvalue weighted by Gasteiger charge is -2.37. The molecule has 2 saturated heterocycles. The van der Waals surface area contributed by atoms with Crippen LogP contribution in [0.5, 0.6) is 0 Å². The van der Waals surface area contributed by atoms with E-state index in [1.807, 2.05) is 0 Å². The molecule has 3 atom stereocenters. The summed E-state index contributed by atoms with van der Waals surface area (Å²) >= 11 is 0. The van der Waals surface area contributed by atoms with Gasteiger partial charge in [0.2, 0.25) is 0 Å². The average molecular weight is 199 g/mol. The normalized spacial score (nSPS) is 39.7. The van der Waals surface area contributed by atoms with Gasteiger partial charge < -0.3 is 15.1 Å². The maximum absolute atomic E-state index is 10.7. The summed E-state index contributed by atoms with van der Waals surface area (Å²) < 4.78 is 0. The highest BCUT2D eigenvalue weighted by Crippen LogP contribution is 2.38. The minimum Gasteiger partial charge on any atom is -0.479 e. The van der Waals surface area contributed by atoms with Gasteiger partial charge in [-0.2, -0.15) is 0 Å². The van der Waals surface area contributed by atoms with Crippen LogP contribution in [-0.2, 0) is 4.79 Å². The molecule has 3 unspecified atom stereocenters. The molecule has 0 saturated carbocycles. The van der Waals surface area contributed by atoms with E-state index in [0.29, 0.717) is 12.1 Å². The molecule has 4 nitrogen and oxygen atoms in total. The number of carbonyl (C=O) groups is 1. The predicted molar refractivity (Wildman–Crippen MR) is 50.9 cm³/mol. The van der Waals surface area contributed by atoms with Crippen molar-refractivity contribution in [3.63, 3.8) is 0 Å². The Morgan fingerprint density at radius 1 is 1.36 bits per heavy atom. The van der Waals surface area contributed by atoms with E-state index in [-0.39, 0.29) is 5.92 Å². The molecule has 0 aromatic heterocycles. The second-order valence-electron chi connectivity index (χ2n) is 4.57. The number of fused-ring (bicyclic) bond motifs is 2. The molecule has 2 heterocycles. The lowest BCUT2D eigenvalue weighted by Crippen LogP contribution is -2.45. The molecule has 0 aliphatic carbocycles. The van der Waals surface area contributed by atoms with Crippen LogP contribution in [0, 0.1) is 5.92 Å². The highest BCUT2D eigenvalue weighted by molar-refractivity contribution is 5.72. The van der Waals surface area contributed by atoms with Crippen molar-refractivity contribution in [2.75, 3.05) is 7.05 Å². The van der Waals surface area contributed by atoms with Gasteiger partial charge in [-0.15, -0.1) is 0 Å². The first-order chi connectivity index (χ1) is 6.59. The number of aliphatic hydroxyl groups excluding tert-OH is 1. The third-order valence-corrected chi connectivity index (χ3v) is 3.83. The number of hydrogen-bond donors (Lipinski definition) is 2. The van der Waals surface area contributed by atoms with Crippen molar-refractivity contribution < 1.29 is 15.0 Å². The second-order valence-corrected chi connectivity index (χ2v) is 4.57. The highest BCUT2D eigenvalue weighted by Gasteiger charge is 2.42. The zero-order chi connectivity index (χ0) is 10.3. The van der Waals surface area contributed by atoms with Crippen LogP contribution in [0.15, 0.2) is 0 Å². The molecule has 80 valence electrons. The Hall–Kier alpha value is -0.610. The van der Waals surface area contributed by atoms with E-state index in [0.717, 1.165) is 25.7 Å². The summed E-state index contributed by atoms with van der Waals surface area (Å²) in [5.41, 5.74) is 0. The molecule has 2 aliphatic heterocycles. The maximum Gasteiger partial charge on any atom is 0.332 e. The van der Waals surface area contributed by atoms with Gasteiger partial charge in [0.15, 0.2) is 6.10 Å². The summed E-state index contributed by atoms with van der Waals surface area (Å²) in [5, 5.41) is 18.2. The largest absolute Gasteiger partial charge is 0.479 e. The van der Waals surface area contributed by atoms with Crippen molar-refractivity contribution in [2.24, 2.45) is 5.92 Å². The molecule has 0 amide bonds. The molecule has 0 radical (unpaired) electrons. The standard InChI is InChI=1S/C10H17NO3/c1-11-7-2-3-8(11)5-6(4-7)9(12)10(13)14/h6-9,12H,2-5H2,1H3,(H,13,14). The summed E-state index contributed by atoms with van der Waals surface area (Å²) in [7, 11) is 2.10. The lowest BCUT2D eigenvalue weighted by atomic mass is 9.87. The number of aliphatic hydroxyl groups is 1. The third-order valence-electron chi connectivity index (χ3n) is 3.83. The molecule has 4 heteroatoms. The molecule has 2 rings (SSSR count). The predicted octanol–water partition coefficient (Wildman–Crippen LogP) is 0.305. The van der Waals surface area contributed by atoms with Crippen LogP contribution < -0.4 is 0 Å². The van der Waals surface area contributed by atoms with Crippen LogP contribution in [0.3, 0.4) is 0 Å². The van der Waals surface area contributed by atoms with Gasteiger partial charge in [-0.25, -0.2) is 4.79 Å². The van der Waals surface area contributed by atoms with E-state index < -0.39 is 12.1 Å². The minimum atomic E-state index is -1.16. The SMILES string of the molecule is CN1C2CCC1CC(C(O)C(=O)O)C2. The van der Waals surface area contributed by atoms with Crippen LogP contribution >= 0.6 is 0 Å². The van der Waals surface area contributed by atoms with Crippen molar-refractivity contribution in [3.8, 4) is 0 Å². The molecule has 2 bridgehead atoms. The smallest absolute Gasteiger partial charge is 0.332 e. The van der Waals surface area contributed by atoms with Gasteiger partial charge in [0, 0.05) is 12.1 Å². The maximum atomic E-state index is 10.7. The monoisotopic (exact) mass is 199 g/mol. The van der Waals surface area contributed by atoms with Crippen LogP contribution in [0.25, 0.3) is 0 Å². The van der Waals surface area contributed by atoms with E-state index >= 15 is 0 Å². The summed E-state index contributed by atoms with van der Waals surface area (Å²) in [6.07, 6.45) is 2.82. The molecule has 0 spiro atoms. The Kier molecular flexibility index (Phi) is 2.49. The molecule has 2 fully saturated rings. The van der Waals surface area contributed by atoms with Crippen LogP contribution in [-0.4, -0.2) is 46.3 Å². The zero-order valence-corrected chi connectivity index (χ0v) is 8.39. The van der Waals surface area contributed by atoms with Crippen LogP contribution in [0.2, 0.25) is 0 Å². The Morgan fingerprint density at radius 3 is 2.29 bits per heavy atom. The fourth-order valence-corrected chi connectivity index (χ4v) is 2.91. The van der Waals surface area contributed by atoms with Crippen molar-refractivity contribution in [2.45, 2.75) is 43.9 Å². The number of hydrogen-bond acceptors (Lipinski definition) is 3. The Labute approximate surface area is 83.5 Å². The number of nitrogens with zero attached hydrogens (tertiary/aromatic N) is 1. The van der Waals surface area contributed by atoms with Gasteiger partial charge in [0.05, 0.1) is 0 Å². The minimum absolute atomic E-state index is 0.0406. The molecular weight excluding hydrogens is 182 g/mol. The Bertz CT molecular complexity index is 230. The van der Waals surface area contributed by atoms with Gasteiger partial charge in [0.25, 0.3) is 0 Å². The topological polar surface area (TPSA) is 60.8 Å². The summed E-state index contributed by atoms with van der Waals surface area (Å²) in [4.78, 5) is 13.0. The first-order valence-corrected chi connectivity index (χ1v) is 5.22. The van der Waals surface area contributed by atoms with Gasteiger partial charge >= 0.3 is 5.97 Å². The van der Waals surface area contributed by atoms with Crippen molar-refractivity contribution in [1.29, 1.82) is 0 Å². The summed E-state index contributed by atoms with van der Waals surface area (Å²) in [6, 6.07) is 0.987. The van der Waals surface area contributed by atoms with Gasteiger partial charge in [-0.3, -0.25) is 0 Å². The second kappa shape index (κ2) is 3.51. The van der Waals surface area contributed by atoms with Crippen LogP contribution in [0.4, 0.5) is 0 Å². The molecule has 2 N–H and O–H groups in total. The van der Waals surface area contributed by atoms with Crippen molar-refractivity contribution >= 4 is 5.97 Å². The van der Waals surface area contributed by atoms with Gasteiger partial charge in [0.1, 0.15) is 0 Å². The number of piperidine rings is 1. The highest BCUT2D eigenvalue weighted by atomic mass is 16.4. The molecule has 0 aromatic carbocycles. The fraction of sp³-hybridized carbons (Fsp3) is 0.900. The van der Waals surface area contributed by atoms with E-state index in [2.05, 4.69) is 11.9 Å². The molecule has 2 aliphatic rings. The summed E-state index contributed by atoms with van der Waals surface area (Å²) in [5.74, 6) is -1.11.